The van der Waals surface area contributed by atoms with Crippen molar-refractivity contribution in [3.8, 4) is 0 Å². The third-order valence-electron chi connectivity index (χ3n) is 5.45. The van der Waals surface area contributed by atoms with Crippen molar-refractivity contribution < 1.29 is 47.7 Å². The van der Waals surface area contributed by atoms with Crippen molar-refractivity contribution in [1.82, 2.24) is 4.98 Å². The van der Waals surface area contributed by atoms with Crippen LogP contribution in [0.25, 0.3) is 0 Å². The second kappa shape index (κ2) is 12.8. The molecule has 1 aromatic heterocycles. The molecule has 0 aliphatic carbocycles. The molecule has 2 aromatic carbocycles. The Morgan fingerprint density at radius 1 is 0.550 bits per heavy atom. The number of anilines is 2. The Bertz CT molecular complexity index is 1390. The van der Waals surface area contributed by atoms with Crippen molar-refractivity contribution in [2.45, 2.75) is 0 Å². The van der Waals surface area contributed by atoms with Crippen LogP contribution in [0.1, 0.15) is 62.3 Å². The molecule has 0 radical (unpaired) electrons. The molecule has 2 N–H and O–H groups in total. The van der Waals surface area contributed by atoms with Gasteiger partial charge in [0.1, 0.15) is 5.69 Å². The van der Waals surface area contributed by atoms with Crippen molar-refractivity contribution in [3.63, 3.8) is 0 Å². The molecule has 3 aromatic rings. The standard InChI is InChI=1S/C27H23N3O10/c1-37-24(33)14-5-8-17(26(35)39-3)20(11-14)29-22(31)16-7-10-19(28-13-16)23(32)30-21-12-15(25(34)38-2)6-9-18(21)27(36)40-4/h5-13H,1-4H3,(H,29,31)(H,30,32). The largest absolute Gasteiger partial charge is 0.465 e. The van der Waals surface area contributed by atoms with E-state index in [0.717, 1.165) is 20.4 Å². The lowest BCUT2D eigenvalue weighted by Gasteiger charge is -2.12. The van der Waals surface area contributed by atoms with Gasteiger partial charge in [0.2, 0.25) is 0 Å². The fourth-order valence-corrected chi connectivity index (χ4v) is 3.40. The molecule has 206 valence electrons. The molecule has 0 aliphatic rings. The molecule has 1 heterocycles. The summed E-state index contributed by atoms with van der Waals surface area (Å²) in [6.45, 7) is 0. The molecule has 0 fully saturated rings. The highest BCUT2D eigenvalue weighted by Crippen LogP contribution is 2.22. The number of methoxy groups -OCH3 is 4. The minimum absolute atomic E-state index is 0.0111. The number of carbonyl (C=O) groups excluding carboxylic acids is 6. The van der Waals surface area contributed by atoms with Crippen LogP contribution in [0.4, 0.5) is 11.4 Å². The minimum Gasteiger partial charge on any atom is -0.465 e. The predicted molar refractivity (Wildman–Crippen MR) is 138 cm³/mol. The van der Waals surface area contributed by atoms with Gasteiger partial charge in [-0.1, -0.05) is 0 Å². The summed E-state index contributed by atoms with van der Waals surface area (Å²) in [4.78, 5) is 77.8. The van der Waals surface area contributed by atoms with E-state index >= 15 is 0 Å². The smallest absolute Gasteiger partial charge is 0.339 e. The molecular formula is C27H23N3O10. The molecule has 0 bridgehead atoms. The highest BCUT2D eigenvalue weighted by atomic mass is 16.5. The Morgan fingerprint density at radius 2 is 0.975 bits per heavy atom. The second-order valence-electron chi connectivity index (χ2n) is 7.83. The van der Waals surface area contributed by atoms with Crippen LogP contribution in [0, 0.1) is 0 Å². The van der Waals surface area contributed by atoms with Crippen LogP contribution in [0.5, 0.6) is 0 Å². The molecule has 13 heteroatoms. The number of hydrogen-bond donors (Lipinski definition) is 2. The van der Waals surface area contributed by atoms with Gasteiger partial charge in [-0.05, 0) is 48.5 Å². The number of nitrogens with one attached hydrogen (secondary N) is 2. The quantitative estimate of drug-likeness (QED) is 0.312. The van der Waals surface area contributed by atoms with E-state index in [9.17, 15) is 28.8 Å². The van der Waals surface area contributed by atoms with E-state index in [-0.39, 0.29) is 44.9 Å². The van der Waals surface area contributed by atoms with Gasteiger partial charge in [0.25, 0.3) is 11.8 Å². The van der Waals surface area contributed by atoms with Gasteiger partial charge < -0.3 is 29.6 Å². The number of aromatic nitrogens is 1. The molecule has 0 atom stereocenters. The number of hydrogen-bond acceptors (Lipinski definition) is 11. The summed E-state index contributed by atoms with van der Waals surface area (Å²) in [6, 6.07) is 10.3. The molecule has 3 rings (SSSR count). The average Bonchev–Trinajstić information content (AvgIpc) is 2.99. The maximum Gasteiger partial charge on any atom is 0.339 e. The Morgan fingerprint density at radius 3 is 1.38 bits per heavy atom. The number of amides is 2. The molecule has 0 aliphatic heterocycles. The van der Waals surface area contributed by atoms with Gasteiger partial charge in [0.05, 0.1) is 67.6 Å². The van der Waals surface area contributed by atoms with Gasteiger partial charge in [-0.3, -0.25) is 14.6 Å². The molecule has 2 amide bonds. The number of rotatable bonds is 8. The Balaban J connectivity index is 1.84. The van der Waals surface area contributed by atoms with E-state index in [1.807, 2.05) is 0 Å². The van der Waals surface area contributed by atoms with Crippen LogP contribution in [-0.2, 0) is 18.9 Å². The minimum atomic E-state index is -0.755. The topological polar surface area (TPSA) is 176 Å². The zero-order valence-corrected chi connectivity index (χ0v) is 21.7. The molecule has 0 saturated heterocycles. The SMILES string of the molecule is COC(=O)c1ccc(C(=O)OC)c(NC(=O)c2ccc(C(=O)Nc3cc(C(=O)OC)ccc3C(=O)OC)nc2)c1. The van der Waals surface area contributed by atoms with Gasteiger partial charge in [-0.2, -0.15) is 0 Å². The first-order valence-electron chi connectivity index (χ1n) is 11.3. The second-order valence-corrected chi connectivity index (χ2v) is 7.83. The van der Waals surface area contributed by atoms with Crippen molar-refractivity contribution in [2.24, 2.45) is 0 Å². The van der Waals surface area contributed by atoms with Gasteiger partial charge in [0.15, 0.2) is 0 Å². The average molecular weight is 549 g/mol. The van der Waals surface area contributed by atoms with E-state index in [4.69, 9.17) is 9.47 Å². The number of pyridine rings is 1. The number of ether oxygens (including phenoxy) is 4. The van der Waals surface area contributed by atoms with Crippen molar-refractivity contribution >= 4 is 47.1 Å². The summed E-state index contributed by atoms with van der Waals surface area (Å²) < 4.78 is 18.8. The first kappa shape index (κ1) is 29.0. The van der Waals surface area contributed by atoms with E-state index in [1.54, 1.807) is 0 Å². The molecule has 13 nitrogen and oxygen atoms in total. The third-order valence-corrected chi connectivity index (χ3v) is 5.45. The third kappa shape index (κ3) is 6.45. The van der Waals surface area contributed by atoms with Crippen LogP contribution in [-0.4, -0.2) is 69.1 Å². The summed E-state index contributed by atoms with van der Waals surface area (Å²) in [7, 11) is 4.69. The Hall–Kier alpha value is -5.59. The van der Waals surface area contributed by atoms with Crippen LogP contribution in [0.15, 0.2) is 54.7 Å². The lowest BCUT2D eigenvalue weighted by molar-refractivity contribution is 0.0587. The Labute approximate surface area is 227 Å². The van der Waals surface area contributed by atoms with Crippen molar-refractivity contribution in [3.05, 3.63) is 88.2 Å². The van der Waals surface area contributed by atoms with E-state index in [1.165, 1.54) is 62.8 Å². The first-order chi connectivity index (χ1) is 19.1. The van der Waals surface area contributed by atoms with Crippen LogP contribution >= 0.6 is 0 Å². The number of carbonyl (C=O) groups is 6. The van der Waals surface area contributed by atoms with Crippen molar-refractivity contribution in [2.75, 3.05) is 39.1 Å². The maximum absolute atomic E-state index is 12.9. The van der Waals surface area contributed by atoms with Crippen LogP contribution in [0.3, 0.4) is 0 Å². The highest BCUT2D eigenvalue weighted by molar-refractivity contribution is 6.10. The van der Waals surface area contributed by atoms with Gasteiger partial charge in [0, 0.05) is 6.20 Å². The van der Waals surface area contributed by atoms with E-state index < -0.39 is 35.7 Å². The fraction of sp³-hybridized carbons (Fsp3) is 0.148. The molecule has 0 saturated carbocycles. The van der Waals surface area contributed by atoms with Gasteiger partial charge >= 0.3 is 23.9 Å². The number of nitrogens with zero attached hydrogens (tertiary/aromatic N) is 1. The summed E-state index contributed by atoms with van der Waals surface area (Å²) >= 11 is 0. The fourth-order valence-electron chi connectivity index (χ4n) is 3.40. The lowest BCUT2D eigenvalue weighted by atomic mass is 10.1. The predicted octanol–water partition coefficient (Wildman–Crippen LogP) is 2.73. The van der Waals surface area contributed by atoms with Gasteiger partial charge in [-0.15, -0.1) is 0 Å². The lowest BCUT2D eigenvalue weighted by Crippen LogP contribution is -2.19. The zero-order chi connectivity index (χ0) is 29.4. The van der Waals surface area contributed by atoms with Gasteiger partial charge in [-0.25, -0.2) is 19.2 Å². The highest BCUT2D eigenvalue weighted by Gasteiger charge is 2.20. The molecular weight excluding hydrogens is 526 g/mol. The normalized spacial score (nSPS) is 10.1. The molecule has 0 spiro atoms. The zero-order valence-electron chi connectivity index (χ0n) is 21.7. The number of esters is 4. The summed E-state index contributed by atoms with van der Waals surface area (Å²) in [5.74, 6) is -4.33. The maximum atomic E-state index is 12.9. The summed E-state index contributed by atoms with van der Waals surface area (Å²) in [5.41, 5.74) is -0.0199. The Kier molecular flexibility index (Phi) is 9.25. The van der Waals surface area contributed by atoms with Crippen LogP contribution in [0.2, 0.25) is 0 Å². The van der Waals surface area contributed by atoms with E-state index in [2.05, 4.69) is 25.1 Å². The van der Waals surface area contributed by atoms with E-state index in [0.29, 0.717) is 0 Å². The van der Waals surface area contributed by atoms with Crippen molar-refractivity contribution in [1.29, 1.82) is 0 Å². The summed E-state index contributed by atoms with van der Waals surface area (Å²) in [6.07, 6.45) is 1.11. The molecule has 0 unspecified atom stereocenters. The first-order valence-corrected chi connectivity index (χ1v) is 11.3. The monoisotopic (exact) mass is 549 g/mol. The molecule has 40 heavy (non-hydrogen) atoms. The summed E-state index contributed by atoms with van der Waals surface area (Å²) in [5, 5.41) is 5.01. The number of benzene rings is 2. The van der Waals surface area contributed by atoms with Crippen LogP contribution < -0.4 is 10.6 Å².